The molecular formula is C35H36BrClN10O5. The van der Waals surface area contributed by atoms with Gasteiger partial charge in [-0.25, -0.2) is 15.0 Å². The van der Waals surface area contributed by atoms with Crippen LogP contribution < -0.4 is 16.2 Å². The van der Waals surface area contributed by atoms with Crippen LogP contribution in [0.25, 0.3) is 17.2 Å². The maximum absolute atomic E-state index is 14.6. The zero-order valence-electron chi connectivity index (χ0n) is 28.7. The highest BCUT2D eigenvalue weighted by Crippen LogP contribution is 2.50. The van der Waals surface area contributed by atoms with E-state index >= 15 is 0 Å². The number of hydrogen-bond donors (Lipinski definition) is 4. The van der Waals surface area contributed by atoms with Gasteiger partial charge in [-0.15, -0.1) is 5.10 Å². The number of pyridine rings is 1. The third-order valence-corrected chi connectivity index (χ3v) is 10.8. The molecular weight excluding hydrogens is 756 g/mol. The van der Waals surface area contributed by atoms with Crippen molar-refractivity contribution < 1.29 is 19.8 Å². The van der Waals surface area contributed by atoms with Gasteiger partial charge in [0.05, 0.1) is 28.7 Å². The SMILES string of the molecule is Cc1nc(NCCO)ccc1-c1nc2n(CC(=O)Nc3ccc(Br)cc3Cl)c3c(c(=O)n2n1)C1(CCN(C(=O)c2ncnc(C)c2O)CC1)CC3C. The van der Waals surface area contributed by atoms with Gasteiger partial charge in [0.15, 0.2) is 17.3 Å². The molecule has 1 aromatic carbocycles. The number of halogens is 2. The molecule has 270 valence electrons. The normalized spacial score (nSPS) is 16.3. The number of nitrogens with one attached hydrogen (secondary N) is 2. The third-order valence-electron chi connectivity index (χ3n) is 9.95. The number of anilines is 2. The molecule has 1 fully saturated rings. The van der Waals surface area contributed by atoms with E-state index in [2.05, 4.69) is 41.5 Å². The number of nitrogens with zero attached hydrogens (tertiary/aromatic N) is 8. The van der Waals surface area contributed by atoms with Crippen molar-refractivity contribution in [1.29, 1.82) is 0 Å². The summed E-state index contributed by atoms with van der Waals surface area (Å²) in [6, 6.07) is 8.72. The van der Waals surface area contributed by atoms with Gasteiger partial charge in [-0.2, -0.15) is 9.50 Å². The lowest BCUT2D eigenvalue weighted by Crippen LogP contribution is -2.46. The molecule has 0 radical (unpaired) electrons. The fourth-order valence-electron chi connectivity index (χ4n) is 7.51. The number of carbonyl (C=O) groups excluding carboxylic acids is 2. The van der Waals surface area contributed by atoms with Crippen LogP contribution in [0.1, 0.15) is 65.2 Å². The molecule has 4 N–H and O–H groups in total. The predicted octanol–water partition coefficient (Wildman–Crippen LogP) is 4.21. The van der Waals surface area contributed by atoms with Crippen molar-refractivity contribution in [3.63, 3.8) is 0 Å². The second kappa shape index (κ2) is 13.9. The van der Waals surface area contributed by atoms with E-state index in [0.717, 1.165) is 4.47 Å². The first-order chi connectivity index (χ1) is 24.9. The number of aliphatic hydroxyl groups excluding tert-OH is 1. The summed E-state index contributed by atoms with van der Waals surface area (Å²) in [7, 11) is 0. The quantitative estimate of drug-likeness (QED) is 0.176. The van der Waals surface area contributed by atoms with E-state index in [1.807, 2.05) is 6.92 Å². The van der Waals surface area contributed by atoms with E-state index in [9.17, 15) is 24.6 Å². The molecule has 1 atom stereocenters. The largest absolute Gasteiger partial charge is 0.504 e. The first-order valence-electron chi connectivity index (χ1n) is 16.8. The number of benzene rings is 1. The van der Waals surface area contributed by atoms with Crippen molar-refractivity contribution >= 4 is 56.6 Å². The van der Waals surface area contributed by atoms with Gasteiger partial charge in [-0.1, -0.05) is 34.5 Å². The van der Waals surface area contributed by atoms with Crippen LogP contribution >= 0.6 is 27.5 Å². The van der Waals surface area contributed by atoms with E-state index in [1.165, 1.54) is 10.8 Å². The highest BCUT2D eigenvalue weighted by molar-refractivity contribution is 9.10. The highest BCUT2D eigenvalue weighted by atomic mass is 79.9. The first kappa shape index (κ1) is 35.5. The number of aromatic hydroxyl groups is 1. The van der Waals surface area contributed by atoms with Gasteiger partial charge in [-0.3, -0.25) is 14.4 Å². The summed E-state index contributed by atoms with van der Waals surface area (Å²) in [6.07, 6.45) is 2.84. The van der Waals surface area contributed by atoms with Gasteiger partial charge >= 0.3 is 0 Å². The van der Waals surface area contributed by atoms with Crippen molar-refractivity contribution in [2.45, 2.75) is 57.9 Å². The average molecular weight is 792 g/mol. The molecule has 1 spiro atoms. The molecule has 2 amide bonds. The number of aromatic nitrogens is 7. The van der Waals surface area contributed by atoms with Crippen LogP contribution in [0.2, 0.25) is 5.02 Å². The minimum absolute atomic E-state index is 0.0471. The minimum atomic E-state index is -0.600. The zero-order valence-corrected chi connectivity index (χ0v) is 31.0. The molecule has 0 bridgehead atoms. The Morgan fingerprint density at radius 3 is 2.58 bits per heavy atom. The van der Waals surface area contributed by atoms with Crippen LogP contribution in [0, 0.1) is 13.8 Å². The molecule has 0 saturated carbocycles. The molecule has 17 heteroatoms. The number of amides is 2. The van der Waals surface area contributed by atoms with Crippen molar-refractivity contribution in [3.05, 3.63) is 84.8 Å². The molecule has 15 nitrogen and oxygen atoms in total. The Morgan fingerprint density at radius 2 is 1.87 bits per heavy atom. The number of aliphatic hydroxyl groups is 1. The van der Waals surface area contributed by atoms with E-state index in [0.29, 0.717) is 83.6 Å². The lowest BCUT2D eigenvalue weighted by atomic mass is 9.73. The predicted molar refractivity (Wildman–Crippen MR) is 197 cm³/mol. The molecule has 4 aromatic heterocycles. The molecule has 5 heterocycles. The smallest absolute Gasteiger partial charge is 0.279 e. The first-order valence-corrected chi connectivity index (χ1v) is 18.0. The van der Waals surface area contributed by atoms with Crippen LogP contribution in [0.4, 0.5) is 11.5 Å². The van der Waals surface area contributed by atoms with E-state index in [-0.39, 0.29) is 53.6 Å². The summed E-state index contributed by atoms with van der Waals surface area (Å²) in [5.74, 6) is -0.0889. The van der Waals surface area contributed by atoms with E-state index in [1.54, 1.807) is 53.6 Å². The van der Waals surface area contributed by atoms with Gasteiger partial charge in [0.2, 0.25) is 11.7 Å². The monoisotopic (exact) mass is 790 g/mol. The van der Waals surface area contributed by atoms with Crippen LogP contribution in [-0.4, -0.2) is 87.3 Å². The fraction of sp³-hybridized carbons (Fsp3) is 0.371. The molecule has 7 rings (SSSR count). The van der Waals surface area contributed by atoms with Crippen LogP contribution in [0.3, 0.4) is 0 Å². The molecule has 5 aromatic rings. The Hall–Kier alpha value is -4.93. The Kier molecular flexibility index (Phi) is 9.48. The molecule has 1 aliphatic carbocycles. The summed E-state index contributed by atoms with van der Waals surface area (Å²) in [6.45, 7) is 6.23. The van der Waals surface area contributed by atoms with E-state index in [4.69, 9.17) is 21.7 Å². The Labute approximate surface area is 311 Å². The van der Waals surface area contributed by atoms with Crippen molar-refractivity contribution in [1.82, 2.24) is 39.0 Å². The van der Waals surface area contributed by atoms with Crippen LogP contribution in [0.5, 0.6) is 5.75 Å². The molecule has 52 heavy (non-hydrogen) atoms. The molecule has 1 unspecified atom stereocenters. The molecule has 1 aliphatic heterocycles. The second-order valence-electron chi connectivity index (χ2n) is 13.3. The van der Waals surface area contributed by atoms with Gasteiger partial charge in [-0.05, 0) is 69.4 Å². The lowest BCUT2D eigenvalue weighted by molar-refractivity contribution is -0.116. The maximum Gasteiger partial charge on any atom is 0.279 e. The summed E-state index contributed by atoms with van der Waals surface area (Å²) in [5.41, 5.74) is 2.26. The van der Waals surface area contributed by atoms with E-state index < -0.39 is 11.3 Å². The number of rotatable bonds is 8. The van der Waals surface area contributed by atoms with Crippen molar-refractivity contribution in [3.8, 4) is 17.1 Å². The van der Waals surface area contributed by atoms with Gasteiger partial charge in [0, 0.05) is 46.3 Å². The average Bonchev–Trinajstić information content (AvgIpc) is 3.68. The van der Waals surface area contributed by atoms with Gasteiger partial charge in [0.1, 0.15) is 18.7 Å². The highest BCUT2D eigenvalue weighted by Gasteiger charge is 2.49. The third kappa shape index (κ3) is 6.28. The Balaban J connectivity index is 1.30. The standard InChI is InChI=1S/C35H36BrClN10O5/c1-18-15-35(8-11-45(12-9-35)33(52)28-30(50)20(3)39-17-40-28)27-29(18)46(16-26(49)42-24-6-4-21(36)14-23(24)37)34-43-31(44-47(34)32(27)51)22-5-7-25(38-10-13-48)41-19(22)2/h4-7,14,17-18,48,50H,8-13,15-16H2,1-3H3,(H,38,41)(H,42,49). The van der Waals surface area contributed by atoms with Crippen LogP contribution in [0.15, 0.2) is 45.9 Å². The van der Waals surface area contributed by atoms with Crippen molar-refractivity contribution in [2.24, 2.45) is 0 Å². The number of piperidine rings is 1. The minimum Gasteiger partial charge on any atom is -0.504 e. The van der Waals surface area contributed by atoms with Crippen molar-refractivity contribution in [2.75, 3.05) is 36.9 Å². The zero-order chi connectivity index (χ0) is 36.9. The number of hydrogen-bond acceptors (Lipinski definition) is 11. The molecule has 2 aliphatic rings. The number of fused-ring (bicyclic) bond motifs is 3. The maximum atomic E-state index is 14.6. The number of carbonyl (C=O) groups is 2. The summed E-state index contributed by atoms with van der Waals surface area (Å²) in [5, 5.41) is 30.7. The topological polar surface area (TPSA) is 193 Å². The second-order valence-corrected chi connectivity index (χ2v) is 14.6. The Morgan fingerprint density at radius 1 is 1.10 bits per heavy atom. The fourth-order valence-corrected chi connectivity index (χ4v) is 8.23. The van der Waals surface area contributed by atoms with Crippen LogP contribution in [-0.2, 0) is 16.8 Å². The number of likely N-dealkylation sites (tertiary alicyclic amines) is 1. The molecule has 1 saturated heterocycles. The number of aryl methyl sites for hydroxylation is 2. The summed E-state index contributed by atoms with van der Waals surface area (Å²) >= 11 is 9.82. The lowest BCUT2D eigenvalue weighted by Gasteiger charge is -2.39. The summed E-state index contributed by atoms with van der Waals surface area (Å²) < 4.78 is 3.81. The Bertz CT molecular complexity index is 2300. The van der Waals surface area contributed by atoms with Gasteiger partial charge < -0.3 is 30.3 Å². The summed E-state index contributed by atoms with van der Waals surface area (Å²) in [4.78, 5) is 60.8. The van der Waals surface area contributed by atoms with Gasteiger partial charge in [0.25, 0.3) is 11.5 Å².